The van der Waals surface area contributed by atoms with E-state index < -0.39 is 0 Å². The van der Waals surface area contributed by atoms with Gasteiger partial charge in [-0.2, -0.15) is 0 Å². The highest BCUT2D eigenvalue weighted by molar-refractivity contribution is 7.99. The number of halogens is 2. The van der Waals surface area contributed by atoms with Crippen LogP contribution in [-0.2, 0) is 10.5 Å². The van der Waals surface area contributed by atoms with E-state index in [9.17, 15) is 4.79 Å². The molecule has 1 N–H and O–H groups in total. The van der Waals surface area contributed by atoms with Gasteiger partial charge in [0.15, 0.2) is 0 Å². The van der Waals surface area contributed by atoms with Crippen LogP contribution in [0.25, 0.3) is 0 Å². The van der Waals surface area contributed by atoms with Crippen molar-refractivity contribution in [1.29, 1.82) is 0 Å². The molecule has 7 heteroatoms. The van der Waals surface area contributed by atoms with Gasteiger partial charge in [-0.05, 0) is 32.0 Å². The number of pyridine rings is 1. The summed E-state index contributed by atoms with van der Waals surface area (Å²) in [5.74, 6) is 1.62. The van der Waals surface area contributed by atoms with Crippen molar-refractivity contribution in [3.63, 3.8) is 0 Å². The average Bonchev–Trinajstić information content (AvgIpc) is 2.89. The third-order valence-electron chi connectivity index (χ3n) is 3.34. The molecule has 1 amide bonds. The second-order valence-corrected chi connectivity index (χ2v) is 5.74. The molecule has 2 heterocycles. The number of aromatic nitrogens is 1. The van der Waals surface area contributed by atoms with E-state index in [0.717, 1.165) is 37.4 Å². The smallest absolute Gasteiger partial charge is 0.232 e. The van der Waals surface area contributed by atoms with Crippen molar-refractivity contribution >= 4 is 42.5 Å². The van der Waals surface area contributed by atoms with Crippen LogP contribution in [0.3, 0.4) is 0 Å². The fraction of sp³-hybridized carbons (Fsp3) is 0.571. The van der Waals surface area contributed by atoms with Gasteiger partial charge in [0.25, 0.3) is 0 Å². The van der Waals surface area contributed by atoms with Gasteiger partial charge in [0, 0.05) is 31.1 Å². The molecule has 120 valence electrons. The van der Waals surface area contributed by atoms with Gasteiger partial charge in [0.2, 0.25) is 5.91 Å². The Morgan fingerprint density at radius 2 is 2.29 bits per heavy atom. The topological polar surface area (TPSA) is 45.2 Å². The van der Waals surface area contributed by atoms with E-state index in [1.165, 1.54) is 0 Å². The molecule has 4 nitrogen and oxygen atoms in total. The van der Waals surface area contributed by atoms with Crippen LogP contribution in [0.4, 0.5) is 0 Å². The normalized spacial score (nSPS) is 17.0. The lowest BCUT2D eigenvalue weighted by molar-refractivity contribution is -0.129. The molecule has 1 unspecified atom stereocenters. The van der Waals surface area contributed by atoms with Crippen LogP contribution in [0, 0.1) is 0 Å². The maximum atomic E-state index is 12.2. The fourth-order valence-corrected chi connectivity index (χ4v) is 3.24. The molecule has 1 aromatic rings. The molecule has 0 spiro atoms. The van der Waals surface area contributed by atoms with E-state index >= 15 is 0 Å². The molecular weight excluding hydrogens is 329 g/mol. The van der Waals surface area contributed by atoms with Crippen LogP contribution in [0.2, 0.25) is 0 Å². The molecule has 0 aromatic carbocycles. The van der Waals surface area contributed by atoms with Crippen molar-refractivity contribution in [1.82, 2.24) is 15.2 Å². The number of thioether (sulfide) groups is 1. The summed E-state index contributed by atoms with van der Waals surface area (Å²) in [5, 5.41) is 3.17. The number of hydrogen-bond acceptors (Lipinski definition) is 4. The van der Waals surface area contributed by atoms with Crippen molar-refractivity contribution in [2.45, 2.75) is 24.6 Å². The number of carbonyl (C=O) groups is 1. The number of carbonyl (C=O) groups excluding carboxylic acids is 1. The number of likely N-dealkylation sites (tertiary alicyclic amines) is 1. The number of rotatable bonds is 6. The SMILES string of the molecule is CNCC1CCCN1C(=O)CSCc1ccccn1.Cl.Cl. The number of nitrogens with one attached hydrogen (secondary N) is 1. The summed E-state index contributed by atoms with van der Waals surface area (Å²) in [4.78, 5) is 18.5. The van der Waals surface area contributed by atoms with Gasteiger partial charge in [0.1, 0.15) is 0 Å². The summed E-state index contributed by atoms with van der Waals surface area (Å²) >= 11 is 1.65. The van der Waals surface area contributed by atoms with Crippen LogP contribution in [-0.4, -0.2) is 47.7 Å². The second kappa shape index (κ2) is 11.1. The van der Waals surface area contributed by atoms with Gasteiger partial charge in [-0.15, -0.1) is 36.6 Å². The van der Waals surface area contributed by atoms with E-state index in [0.29, 0.717) is 11.8 Å². The van der Waals surface area contributed by atoms with Crippen LogP contribution in [0.15, 0.2) is 24.4 Å². The third kappa shape index (κ3) is 6.43. The Morgan fingerprint density at radius 3 is 2.95 bits per heavy atom. The minimum Gasteiger partial charge on any atom is -0.338 e. The Balaban J connectivity index is 0.00000200. The number of amides is 1. The Kier molecular flexibility index (Phi) is 10.9. The quantitative estimate of drug-likeness (QED) is 0.854. The predicted octanol–water partition coefficient (Wildman–Crippen LogP) is 2.37. The summed E-state index contributed by atoms with van der Waals surface area (Å²) in [5.41, 5.74) is 1.04. The van der Waals surface area contributed by atoms with Gasteiger partial charge in [-0.3, -0.25) is 9.78 Å². The van der Waals surface area contributed by atoms with E-state index in [2.05, 4.69) is 10.3 Å². The maximum Gasteiger partial charge on any atom is 0.232 e. The molecule has 0 saturated carbocycles. The highest BCUT2D eigenvalue weighted by Crippen LogP contribution is 2.19. The second-order valence-electron chi connectivity index (χ2n) is 4.75. The van der Waals surface area contributed by atoms with Crippen LogP contribution >= 0.6 is 36.6 Å². The predicted molar refractivity (Wildman–Crippen MR) is 93.6 cm³/mol. The van der Waals surface area contributed by atoms with Gasteiger partial charge in [0.05, 0.1) is 11.4 Å². The molecule has 1 atom stereocenters. The largest absolute Gasteiger partial charge is 0.338 e. The number of nitrogens with zero attached hydrogens (tertiary/aromatic N) is 2. The molecule has 21 heavy (non-hydrogen) atoms. The molecule has 1 aliphatic rings. The summed E-state index contributed by atoms with van der Waals surface area (Å²) in [7, 11) is 1.94. The first-order chi connectivity index (χ1) is 9.31. The van der Waals surface area contributed by atoms with E-state index in [4.69, 9.17) is 0 Å². The average molecular weight is 352 g/mol. The van der Waals surface area contributed by atoms with Crippen molar-refractivity contribution < 1.29 is 4.79 Å². The van der Waals surface area contributed by atoms with Gasteiger partial charge >= 0.3 is 0 Å². The zero-order valence-electron chi connectivity index (χ0n) is 12.2. The molecule has 1 aromatic heterocycles. The first kappa shape index (κ1) is 20.5. The zero-order chi connectivity index (χ0) is 13.5. The highest BCUT2D eigenvalue weighted by Gasteiger charge is 2.27. The first-order valence-corrected chi connectivity index (χ1v) is 7.88. The Morgan fingerprint density at radius 1 is 1.48 bits per heavy atom. The van der Waals surface area contributed by atoms with Gasteiger partial charge in [-0.1, -0.05) is 6.07 Å². The highest BCUT2D eigenvalue weighted by atomic mass is 35.5. The lowest BCUT2D eigenvalue weighted by Gasteiger charge is -2.24. The van der Waals surface area contributed by atoms with Crippen molar-refractivity contribution in [3.8, 4) is 0 Å². The van der Waals surface area contributed by atoms with Gasteiger partial charge in [-0.25, -0.2) is 0 Å². The maximum absolute atomic E-state index is 12.2. The summed E-state index contributed by atoms with van der Waals surface area (Å²) < 4.78 is 0. The minimum absolute atomic E-state index is 0. The van der Waals surface area contributed by atoms with Crippen molar-refractivity contribution in [3.05, 3.63) is 30.1 Å². The Hall–Kier alpha value is -0.490. The van der Waals surface area contributed by atoms with Crippen LogP contribution in [0.5, 0.6) is 0 Å². The molecule has 0 radical (unpaired) electrons. The lowest BCUT2D eigenvalue weighted by atomic mass is 10.2. The molecule has 1 fully saturated rings. The van der Waals surface area contributed by atoms with Crippen LogP contribution < -0.4 is 5.32 Å². The molecule has 1 saturated heterocycles. The Labute approximate surface area is 143 Å². The number of hydrogen-bond donors (Lipinski definition) is 1. The molecule has 0 bridgehead atoms. The minimum atomic E-state index is 0. The molecule has 1 aliphatic heterocycles. The van der Waals surface area contributed by atoms with Crippen molar-refractivity contribution in [2.24, 2.45) is 0 Å². The van der Waals surface area contributed by atoms with Gasteiger partial charge < -0.3 is 10.2 Å². The van der Waals surface area contributed by atoms with E-state index in [1.54, 1.807) is 18.0 Å². The fourth-order valence-electron chi connectivity index (χ4n) is 2.42. The zero-order valence-corrected chi connectivity index (χ0v) is 14.6. The standard InChI is InChI=1S/C14H21N3OS.2ClH/c1-15-9-13-6-4-8-17(13)14(18)11-19-10-12-5-2-3-7-16-12;;/h2-3,5,7,13,15H,4,6,8-11H2,1H3;2*1H. The third-order valence-corrected chi connectivity index (χ3v) is 4.29. The van der Waals surface area contributed by atoms with E-state index in [-0.39, 0.29) is 30.7 Å². The lowest BCUT2D eigenvalue weighted by Crippen LogP contribution is -2.41. The van der Waals surface area contributed by atoms with E-state index in [1.807, 2.05) is 30.1 Å². The summed E-state index contributed by atoms with van der Waals surface area (Å²) in [6.07, 6.45) is 4.04. The molecule has 2 rings (SSSR count). The van der Waals surface area contributed by atoms with Crippen LogP contribution in [0.1, 0.15) is 18.5 Å². The molecule has 0 aliphatic carbocycles. The molecular formula is C14H23Cl2N3OS. The summed E-state index contributed by atoms with van der Waals surface area (Å²) in [6.45, 7) is 1.81. The Bertz CT molecular complexity index is 408. The number of likely N-dealkylation sites (N-methyl/N-ethyl adjacent to an activating group) is 1. The first-order valence-electron chi connectivity index (χ1n) is 6.73. The van der Waals surface area contributed by atoms with Crippen molar-refractivity contribution in [2.75, 3.05) is 25.9 Å². The monoisotopic (exact) mass is 351 g/mol. The summed E-state index contributed by atoms with van der Waals surface area (Å²) in [6, 6.07) is 6.27.